The second-order valence-corrected chi connectivity index (χ2v) is 7.67. The molecule has 1 aliphatic heterocycles. The number of nitrogens with zero attached hydrogens (tertiary/aromatic N) is 1. The van der Waals surface area contributed by atoms with Crippen molar-refractivity contribution in [2.45, 2.75) is 31.1 Å². The summed E-state index contributed by atoms with van der Waals surface area (Å²) in [6, 6.07) is 7.26. The van der Waals surface area contributed by atoms with Crippen LogP contribution in [0.15, 0.2) is 29.2 Å². The third-order valence-corrected chi connectivity index (χ3v) is 5.24. The van der Waals surface area contributed by atoms with Crippen molar-refractivity contribution in [3.05, 3.63) is 29.8 Å². The monoisotopic (exact) mass is 283 g/mol. The van der Waals surface area contributed by atoms with E-state index < -0.39 is 10.0 Å². The van der Waals surface area contributed by atoms with Gasteiger partial charge in [-0.05, 0) is 17.0 Å². The number of hydrogen-bond acceptors (Lipinski definition) is 3. The van der Waals surface area contributed by atoms with Gasteiger partial charge in [0.25, 0.3) is 0 Å². The highest BCUT2D eigenvalue weighted by molar-refractivity contribution is 7.89. The van der Waals surface area contributed by atoms with Gasteiger partial charge in [0, 0.05) is 13.1 Å². The molecule has 0 unspecified atom stereocenters. The number of morpholine rings is 1. The van der Waals surface area contributed by atoms with Gasteiger partial charge in [0.1, 0.15) is 0 Å². The minimum atomic E-state index is -3.42. The molecule has 1 aromatic rings. The predicted octanol–water partition coefficient (Wildman–Crippen LogP) is 2.01. The summed E-state index contributed by atoms with van der Waals surface area (Å²) in [5, 5.41) is 0. The van der Waals surface area contributed by atoms with Crippen LogP contribution in [0.5, 0.6) is 0 Å². The first-order chi connectivity index (χ1) is 8.83. The topological polar surface area (TPSA) is 46.6 Å². The van der Waals surface area contributed by atoms with Crippen molar-refractivity contribution in [2.75, 3.05) is 26.3 Å². The van der Waals surface area contributed by atoms with E-state index in [4.69, 9.17) is 4.74 Å². The maximum absolute atomic E-state index is 12.7. The van der Waals surface area contributed by atoms with E-state index >= 15 is 0 Å². The lowest BCUT2D eigenvalue weighted by atomic mass is 9.87. The fraction of sp³-hybridized carbons (Fsp3) is 0.571. The molecule has 0 aromatic heterocycles. The average molecular weight is 283 g/mol. The van der Waals surface area contributed by atoms with E-state index in [9.17, 15) is 8.42 Å². The number of sulfonamides is 1. The zero-order valence-corrected chi connectivity index (χ0v) is 12.5. The maximum Gasteiger partial charge on any atom is 0.243 e. The number of benzene rings is 1. The fourth-order valence-corrected chi connectivity index (χ4v) is 4.05. The molecule has 2 rings (SSSR count). The Hall–Kier alpha value is -0.910. The molecule has 0 N–H and O–H groups in total. The Balaban J connectivity index is 2.46. The van der Waals surface area contributed by atoms with Gasteiger partial charge in [0.05, 0.1) is 18.1 Å². The molecule has 106 valence electrons. The molecule has 0 spiro atoms. The van der Waals surface area contributed by atoms with E-state index in [1.54, 1.807) is 12.1 Å². The van der Waals surface area contributed by atoms with E-state index in [1.807, 2.05) is 32.9 Å². The quantitative estimate of drug-likeness (QED) is 0.834. The Labute approximate surface area is 115 Å². The van der Waals surface area contributed by atoms with E-state index in [1.165, 1.54) is 4.31 Å². The normalized spacial score (nSPS) is 18.5. The molecule has 0 amide bonds. The molecule has 0 bridgehead atoms. The fourth-order valence-electron chi connectivity index (χ4n) is 2.24. The zero-order valence-electron chi connectivity index (χ0n) is 11.7. The molecule has 1 aliphatic rings. The van der Waals surface area contributed by atoms with Crippen molar-refractivity contribution in [1.82, 2.24) is 4.31 Å². The standard InChI is InChI=1S/C14H21NO3S/c1-14(2,3)12-6-4-5-7-13(12)19(16,17)15-8-10-18-11-9-15/h4-7H,8-11H2,1-3H3. The highest BCUT2D eigenvalue weighted by Gasteiger charge is 2.31. The smallest absolute Gasteiger partial charge is 0.243 e. The highest BCUT2D eigenvalue weighted by Crippen LogP contribution is 2.30. The summed E-state index contributed by atoms with van der Waals surface area (Å²) in [5.41, 5.74) is 0.664. The number of rotatable bonds is 2. The molecule has 4 nitrogen and oxygen atoms in total. The molecule has 0 aliphatic carbocycles. The van der Waals surface area contributed by atoms with Gasteiger partial charge in [-0.15, -0.1) is 0 Å². The van der Waals surface area contributed by atoms with Crippen LogP contribution in [0.4, 0.5) is 0 Å². The Morgan fingerprint density at radius 3 is 2.26 bits per heavy atom. The van der Waals surface area contributed by atoms with Gasteiger partial charge < -0.3 is 4.74 Å². The van der Waals surface area contributed by atoms with Crippen molar-refractivity contribution in [1.29, 1.82) is 0 Å². The molecule has 1 fully saturated rings. The van der Waals surface area contributed by atoms with Crippen LogP contribution in [0.25, 0.3) is 0 Å². The lowest BCUT2D eigenvalue weighted by molar-refractivity contribution is 0.0730. The molecule has 0 saturated carbocycles. The van der Waals surface area contributed by atoms with Crippen LogP contribution in [0.2, 0.25) is 0 Å². The van der Waals surface area contributed by atoms with Gasteiger partial charge in [-0.2, -0.15) is 4.31 Å². The van der Waals surface area contributed by atoms with Crippen LogP contribution < -0.4 is 0 Å². The first-order valence-electron chi connectivity index (χ1n) is 6.51. The minimum Gasteiger partial charge on any atom is -0.379 e. The summed E-state index contributed by atoms with van der Waals surface area (Å²) in [5.74, 6) is 0. The molecular weight excluding hydrogens is 262 g/mol. The zero-order chi connectivity index (χ0) is 14.1. The average Bonchev–Trinajstić information content (AvgIpc) is 2.39. The van der Waals surface area contributed by atoms with Crippen LogP contribution in [0.1, 0.15) is 26.3 Å². The Morgan fingerprint density at radius 2 is 1.68 bits per heavy atom. The molecule has 1 aromatic carbocycles. The molecule has 0 radical (unpaired) electrons. The van der Waals surface area contributed by atoms with Crippen LogP contribution in [0, 0.1) is 0 Å². The van der Waals surface area contributed by atoms with Crippen molar-refractivity contribution >= 4 is 10.0 Å². The van der Waals surface area contributed by atoms with E-state index in [0.29, 0.717) is 31.2 Å². The SMILES string of the molecule is CC(C)(C)c1ccccc1S(=O)(=O)N1CCOCC1. The maximum atomic E-state index is 12.7. The van der Waals surface area contributed by atoms with Crippen LogP contribution in [-0.4, -0.2) is 39.0 Å². The summed E-state index contributed by atoms with van der Waals surface area (Å²) in [4.78, 5) is 0.421. The second-order valence-electron chi connectivity index (χ2n) is 5.76. The molecule has 0 atom stereocenters. The minimum absolute atomic E-state index is 0.198. The molecule has 1 saturated heterocycles. The second kappa shape index (κ2) is 5.23. The number of ether oxygens (including phenoxy) is 1. The van der Waals surface area contributed by atoms with Crippen LogP contribution in [-0.2, 0) is 20.2 Å². The first kappa shape index (κ1) is 14.5. The van der Waals surface area contributed by atoms with Crippen LogP contribution >= 0.6 is 0 Å². The van der Waals surface area contributed by atoms with Crippen molar-refractivity contribution in [2.24, 2.45) is 0 Å². The third-order valence-electron chi connectivity index (χ3n) is 3.28. The van der Waals surface area contributed by atoms with Crippen LogP contribution in [0.3, 0.4) is 0 Å². The van der Waals surface area contributed by atoms with Gasteiger partial charge in [0.15, 0.2) is 0 Å². The van der Waals surface area contributed by atoms with Gasteiger partial charge >= 0.3 is 0 Å². The predicted molar refractivity (Wildman–Crippen MR) is 74.7 cm³/mol. The summed E-state index contributed by atoms with van der Waals surface area (Å²) >= 11 is 0. The van der Waals surface area contributed by atoms with E-state index in [-0.39, 0.29) is 5.41 Å². The van der Waals surface area contributed by atoms with E-state index in [0.717, 1.165) is 5.56 Å². The van der Waals surface area contributed by atoms with Crippen molar-refractivity contribution < 1.29 is 13.2 Å². The van der Waals surface area contributed by atoms with Crippen molar-refractivity contribution in [3.8, 4) is 0 Å². The molecule has 5 heteroatoms. The molecule has 1 heterocycles. The van der Waals surface area contributed by atoms with Gasteiger partial charge in [0.2, 0.25) is 10.0 Å². The van der Waals surface area contributed by atoms with E-state index in [2.05, 4.69) is 0 Å². The first-order valence-corrected chi connectivity index (χ1v) is 7.95. The Morgan fingerprint density at radius 1 is 1.11 bits per heavy atom. The lowest BCUT2D eigenvalue weighted by Gasteiger charge is -2.29. The highest BCUT2D eigenvalue weighted by atomic mass is 32.2. The summed E-state index contributed by atoms with van der Waals surface area (Å²) in [7, 11) is -3.42. The summed E-state index contributed by atoms with van der Waals surface area (Å²) in [6.07, 6.45) is 0. The third kappa shape index (κ3) is 2.99. The van der Waals surface area contributed by atoms with Gasteiger partial charge in [-0.3, -0.25) is 0 Å². The molecule has 19 heavy (non-hydrogen) atoms. The lowest BCUT2D eigenvalue weighted by Crippen LogP contribution is -2.41. The Bertz CT molecular complexity index is 540. The van der Waals surface area contributed by atoms with Gasteiger partial charge in [-0.1, -0.05) is 39.0 Å². The summed E-state index contributed by atoms with van der Waals surface area (Å²) in [6.45, 7) is 7.89. The number of hydrogen-bond donors (Lipinski definition) is 0. The Kier molecular flexibility index (Phi) is 3.99. The summed E-state index contributed by atoms with van der Waals surface area (Å²) < 4.78 is 32.2. The van der Waals surface area contributed by atoms with Crippen molar-refractivity contribution in [3.63, 3.8) is 0 Å². The molecular formula is C14H21NO3S. The van der Waals surface area contributed by atoms with Gasteiger partial charge in [-0.25, -0.2) is 8.42 Å². The largest absolute Gasteiger partial charge is 0.379 e.